The van der Waals surface area contributed by atoms with E-state index in [9.17, 15) is 26.3 Å². The van der Waals surface area contributed by atoms with Crippen molar-refractivity contribution in [3.63, 3.8) is 0 Å². The van der Waals surface area contributed by atoms with Crippen LogP contribution in [-0.2, 0) is 12.4 Å². The molecule has 0 bridgehead atoms. The summed E-state index contributed by atoms with van der Waals surface area (Å²) in [5, 5.41) is 0. The predicted octanol–water partition coefficient (Wildman–Crippen LogP) is 4.95. The van der Waals surface area contributed by atoms with Crippen molar-refractivity contribution in [3.8, 4) is 5.75 Å². The first-order valence-electron chi connectivity index (χ1n) is 6.66. The Morgan fingerprint density at radius 3 is 2.09 bits per heavy atom. The second-order valence-electron chi connectivity index (χ2n) is 5.42. The van der Waals surface area contributed by atoms with Gasteiger partial charge >= 0.3 is 12.4 Å². The van der Waals surface area contributed by atoms with E-state index in [1.165, 1.54) is 0 Å². The highest BCUT2D eigenvalue weighted by Crippen LogP contribution is 2.46. The molecule has 9 heteroatoms. The van der Waals surface area contributed by atoms with Crippen LogP contribution in [0.5, 0.6) is 5.75 Å². The summed E-state index contributed by atoms with van der Waals surface area (Å²) in [7, 11) is 1.03. The van der Waals surface area contributed by atoms with Gasteiger partial charge in [-0.3, -0.25) is 0 Å². The summed E-state index contributed by atoms with van der Waals surface area (Å²) in [6, 6.07) is -0.344. The standard InChI is InChI=1S/C14H15F6NO.ClH/c1-22-11-6-8(13(15,16)17)5-9(14(18,19)20)12(11)10(21)4-7-2-3-7;/h5-7,10H,2-4,21H2,1H3;1H/t10-;/m1./s1. The van der Waals surface area contributed by atoms with Gasteiger partial charge in [0.25, 0.3) is 0 Å². The molecule has 0 spiro atoms. The molecule has 1 aromatic rings. The van der Waals surface area contributed by atoms with E-state index >= 15 is 0 Å². The Morgan fingerprint density at radius 2 is 1.70 bits per heavy atom. The van der Waals surface area contributed by atoms with Crippen LogP contribution in [0.1, 0.15) is 42.0 Å². The molecule has 0 saturated heterocycles. The van der Waals surface area contributed by atoms with Crippen LogP contribution in [-0.4, -0.2) is 7.11 Å². The molecular formula is C14H16ClF6NO. The fourth-order valence-corrected chi connectivity index (χ4v) is 2.41. The smallest absolute Gasteiger partial charge is 0.416 e. The van der Waals surface area contributed by atoms with Gasteiger partial charge in [-0.2, -0.15) is 26.3 Å². The molecule has 2 nitrogen and oxygen atoms in total. The third kappa shape index (κ3) is 4.67. The van der Waals surface area contributed by atoms with Crippen molar-refractivity contribution in [1.29, 1.82) is 0 Å². The van der Waals surface area contributed by atoms with Crippen molar-refractivity contribution in [2.75, 3.05) is 7.11 Å². The fraction of sp³-hybridized carbons (Fsp3) is 0.571. The molecule has 23 heavy (non-hydrogen) atoms. The zero-order valence-electron chi connectivity index (χ0n) is 12.1. The average Bonchev–Trinajstić information content (AvgIpc) is 3.18. The van der Waals surface area contributed by atoms with Crippen molar-refractivity contribution >= 4 is 12.4 Å². The Balaban J connectivity index is 0.00000264. The van der Waals surface area contributed by atoms with Crippen molar-refractivity contribution in [2.24, 2.45) is 11.7 Å². The first kappa shape index (κ1) is 19.9. The van der Waals surface area contributed by atoms with E-state index in [4.69, 9.17) is 10.5 Å². The maximum Gasteiger partial charge on any atom is 0.416 e. The molecule has 2 N–H and O–H groups in total. The molecular weight excluding hydrogens is 348 g/mol. The van der Waals surface area contributed by atoms with Crippen LogP contribution in [0.2, 0.25) is 0 Å². The zero-order valence-corrected chi connectivity index (χ0v) is 12.9. The summed E-state index contributed by atoms with van der Waals surface area (Å²) in [5.41, 5.74) is 2.61. The van der Waals surface area contributed by atoms with E-state index in [1.54, 1.807) is 0 Å². The van der Waals surface area contributed by atoms with Gasteiger partial charge in [-0.25, -0.2) is 0 Å². The molecule has 132 valence electrons. The van der Waals surface area contributed by atoms with Gasteiger partial charge in [0.15, 0.2) is 0 Å². The van der Waals surface area contributed by atoms with Crippen molar-refractivity contribution in [1.82, 2.24) is 0 Å². The van der Waals surface area contributed by atoms with Crippen LogP contribution in [0.4, 0.5) is 26.3 Å². The number of methoxy groups -OCH3 is 1. The molecule has 0 aliphatic heterocycles. The lowest BCUT2D eigenvalue weighted by atomic mass is 9.93. The van der Waals surface area contributed by atoms with Crippen LogP contribution in [0, 0.1) is 5.92 Å². The van der Waals surface area contributed by atoms with E-state index in [2.05, 4.69) is 0 Å². The SMILES string of the molecule is COc1cc(C(F)(F)F)cc(C(F)(F)F)c1[C@H](N)CC1CC1.Cl. The van der Waals surface area contributed by atoms with Gasteiger partial charge in [-0.15, -0.1) is 12.4 Å². The molecule has 1 aliphatic carbocycles. The summed E-state index contributed by atoms with van der Waals surface area (Å²) < 4.78 is 82.6. The summed E-state index contributed by atoms with van der Waals surface area (Å²) in [6.07, 6.45) is -7.79. The quantitative estimate of drug-likeness (QED) is 0.768. The molecule has 1 saturated carbocycles. The molecule has 0 radical (unpaired) electrons. The van der Waals surface area contributed by atoms with Gasteiger partial charge in [-0.1, -0.05) is 12.8 Å². The van der Waals surface area contributed by atoms with Gasteiger partial charge in [0.2, 0.25) is 0 Å². The number of nitrogens with two attached hydrogens (primary N) is 1. The molecule has 1 atom stereocenters. The minimum atomic E-state index is -4.94. The Hall–Kier alpha value is -1.15. The van der Waals surface area contributed by atoms with E-state index in [1.807, 2.05) is 0 Å². The number of halogens is 7. The van der Waals surface area contributed by atoms with Crippen molar-refractivity contribution in [3.05, 3.63) is 28.8 Å². The van der Waals surface area contributed by atoms with Crippen LogP contribution in [0.3, 0.4) is 0 Å². The van der Waals surface area contributed by atoms with Crippen molar-refractivity contribution in [2.45, 2.75) is 37.7 Å². The van der Waals surface area contributed by atoms with Gasteiger partial charge in [-0.05, 0) is 24.5 Å². The van der Waals surface area contributed by atoms with Gasteiger partial charge in [0.1, 0.15) is 5.75 Å². The van der Waals surface area contributed by atoms with Gasteiger partial charge in [0.05, 0.1) is 18.2 Å². The fourth-order valence-electron chi connectivity index (χ4n) is 2.41. The highest BCUT2D eigenvalue weighted by molar-refractivity contribution is 5.85. The minimum Gasteiger partial charge on any atom is -0.496 e. The number of hydrogen-bond acceptors (Lipinski definition) is 2. The maximum atomic E-state index is 13.2. The Bertz CT molecular complexity index is 553. The average molecular weight is 364 g/mol. The first-order chi connectivity index (χ1) is 10.0. The van der Waals surface area contributed by atoms with Crippen LogP contribution < -0.4 is 10.5 Å². The maximum absolute atomic E-state index is 13.2. The lowest BCUT2D eigenvalue weighted by molar-refractivity contribution is -0.143. The second-order valence-corrected chi connectivity index (χ2v) is 5.42. The predicted molar refractivity (Wildman–Crippen MR) is 74.5 cm³/mol. The number of rotatable bonds is 4. The minimum absolute atomic E-state index is 0. The molecule has 1 aromatic carbocycles. The Labute approximate surface area is 135 Å². The monoisotopic (exact) mass is 363 g/mol. The summed E-state index contributed by atoms with van der Waals surface area (Å²) in [4.78, 5) is 0. The summed E-state index contributed by atoms with van der Waals surface area (Å²) >= 11 is 0. The number of ether oxygens (including phenoxy) is 1. The zero-order chi connectivity index (χ0) is 16.7. The summed E-state index contributed by atoms with van der Waals surface area (Å²) in [6.45, 7) is 0. The molecule has 0 unspecified atom stereocenters. The summed E-state index contributed by atoms with van der Waals surface area (Å²) in [5.74, 6) is -0.251. The lowest BCUT2D eigenvalue weighted by Gasteiger charge is -2.23. The van der Waals surface area contributed by atoms with Crippen LogP contribution in [0.25, 0.3) is 0 Å². The van der Waals surface area contributed by atoms with E-state index in [-0.39, 0.29) is 24.4 Å². The molecule has 1 fully saturated rings. The molecule has 0 amide bonds. The topological polar surface area (TPSA) is 35.2 Å². The first-order valence-corrected chi connectivity index (χ1v) is 6.66. The number of alkyl halides is 6. The molecule has 0 aromatic heterocycles. The molecule has 2 rings (SSSR count). The lowest BCUT2D eigenvalue weighted by Crippen LogP contribution is -2.21. The molecule has 1 aliphatic rings. The Morgan fingerprint density at radius 1 is 1.13 bits per heavy atom. The number of benzene rings is 1. The number of hydrogen-bond donors (Lipinski definition) is 1. The molecule has 0 heterocycles. The van der Waals surface area contributed by atoms with Crippen LogP contribution >= 0.6 is 12.4 Å². The Kier molecular flexibility index (Phi) is 5.85. The van der Waals surface area contributed by atoms with Gasteiger partial charge < -0.3 is 10.5 Å². The highest BCUT2D eigenvalue weighted by Gasteiger charge is 2.41. The van der Waals surface area contributed by atoms with Crippen molar-refractivity contribution < 1.29 is 31.1 Å². The van der Waals surface area contributed by atoms with E-state index < -0.39 is 40.8 Å². The van der Waals surface area contributed by atoms with E-state index in [0.717, 1.165) is 20.0 Å². The highest BCUT2D eigenvalue weighted by atomic mass is 35.5. The van der Waals surface area contributed by atoms with E-state index in [0.29, 0.717) is 12.5 Å². The van der Waals surface area contributed by atoms with Crippen LogP contribution in [0.15, 0.2) is 12.1 Å². The van der Waals surface area contributed by atoms with Gasteiger partial charge in [0, 0.05) is 11.6 Å². The third-order valence-corrected chi connectivity index (χ3v) is 3.65. The largest absolute Gasteiger partial charge is 0.496 e. The second kappa shape index (κ2) is 6.76. The third-order valence-electron chi connectivity index (χ3n) is 3.65. The normalized spacial score (nSPS) is 16.7.